The van der Waals surface area contributed by atoms with Crippen LogP contribution in [0.3, 0.4) is 0 Å². The molecule has 1 amide bonds. The second-order valence-corrected chi connectivity index (χ2v) is 7.68. The molecule has 1 aliphatic heterocycles. The van der Waals surface area contributed by atoms with Crippen LogP contribution in [-0.2, 0) is 4.74 Å². The van der Waals surface area contributed by atoms with E-state index >= 15 is 0 Å². The van der Waals surface area contributed by atoms with Gasteiger partial charge in [-0.3, -0.25) is 0 Å². The monoisotopic (exact) mass is 404 g/mol. The fourth-order valence-corrected chi connectivity index (χ4v) is 3.09. The quantitative estimate of drug-likeness (QED) is 0.702. The van der Waals surface area contributed by atoms with Crippen LogP contribution < -0.4 is 4.90 Å². The van der Waals surface area contributed by atoms with Crippen molar-refractivity contribution in [2.45, 2.75) is 45.8 Å². The number of carbonyl (C=O) groups is 1. The number of ether oxygens (including phenoxy) is 1. The van der Waals surface area contributed by atoms with Crippen LogP contribution in [0.15, 0.2) is 10.7 Å². The largest absolute Gasteiger partial charge is 0.444 e. The molecule has 2 heterocycles. The maximum Gasteiger partial charge on any atom is 0.410 e. The number of hydrogen-bond donors (Lipinski definition) is 0. The minimum atomic E-state index is -0.490. The number of aromatic nitrogens is 2. The summed E-state index contributed by atoms with van der Waals surface area (Å²) in [5, 5.41) is 0.214. The van der Waals surface area contributed by atoms with Gasteiger partial charge in [-0.15, -0.1) is 0 Å². The number of amides is 1. The summed E-state index contributed by atoms with van der Waals surface area (Å²) in [6, 6.07) is 0.0687. The fraction of sp³-hybridized carbons (Fsp3) is 0.667. The highest BCUT2D eigenvalue weighted by Crippen LogP contribution is 2.27. The topological polar surface area (TPSA) is 58.6 Å². The second-order valence-electron chi connectivity index (χ2n) is 6.49. The molecule has 1 aromatic heterocycles. The summed E-state index contributed by atoms with van der Waals surface area (Å²) in [6.07, 6.45) is 2.22. The highest BCUT2D eigenvalue weighted by Gasteiger charge is 2.33. The molecular formula is C15H22BrClN4O2. The molecule has 6 nitrogen and oxygen atoms in total. The molecule has 1 unspecified atom stereocenters. The number of rotatable bonds is 2. The summed E-state index contributed by atoms with van der Waals surface area (Å²) >= 11 is 9.36. The van der Waals surface area contributed by atoms with Crippen molar-refractivity contribution in [1.29, 1.82) is 0 Å². The maximum absolute atomic E-state index is 12.4. The molecule has 2 rings (SSSR count). The van der Waals surface area contributed by atoms with Gasteiger partial charge in [0.2, 0.25) is 5.28 Å². The summed E-state index contributed by atoms with van der Waals surface area (Å²) in [5.74, 6) is 0.757. The van der Waals surface area contributed by atoms with Crippen LogP contribution in [0.2, 0.25) is 5.28 Å². The van der Waals surface area contributed by atoms with Crippen molar-refractivity contribution >= 4 is 39.4 Å². The predicted molar refractivity (Wildman–Crippen MR) is 94.0 cm³/mol. The molecule has 8 heteroatoms. The van der Waals surface area contributed by atoms with Gasteiger partial charge in [-0.1, -0.05) is 6.92 Å². The lowest BCUT2D eigenvalue weighted by Crippen LogP contribution is -2.56. The molecule has 1 atom stereocenters. The Hall–Kier alpha value is -1.08. The van der Waals surface area contributed by atoms with E-state index in [-0.39, 0.29) is 17.4 Å². The van der Waals surface area contributed by atoms with E-state index in [9.17, 15) is 4.79 Å². The third kappa shape index (κ3) is 4.70. The molecule has 0 N–H and O–H groups in total. The Morgan fingerprint density at radius 3 is 2.78 bits per heavy atom. The third-order valence-corrected chi connectivity index (χ3v) is 4.32. The third-order valence-electron chi connectivity index (χ3n) is 3.58. The summed E-state index contributed by atoms with van der Waals surface area (Å²) in [6.45, 7) is 9.63. The zero-order valence-corrected chi connectivity index (χ0v) is 16.2. The lowest BCUT2D eigenvalue weighted by Gasteiger charge is -2.42. The van der Waals surface area contributed by atoms with E-state index in [1.165, 1.54) is 0 Å². The number of halogens is 2. The van der Waals surface area contributed by atoms with Gasteiger partial charge >= 0.3 is 6.09 Å². The molecule has 1 aromatic rings. The van der Waals surface area contributed by atoms with E-state index in [0.717, 1.165) is 16.7 Å². The minimum Gasteiger partial charge on any atom is -0.444 e. The molecule has 1 aliphatic rings. The minimum absolute atomic E-state index is 0.0687. The van der Waals surface area contributed by atoms with Crippen LogP contribution in [0.25, 0.3) is 0 Å². The van der Waals surface area contributed by atoms with Crippen molar-refractivity contribution in [2.24, 2.45) is 0 Å². The first-order valence-corrected chi connectivity index (χ1v) is 8.81. The molecule has 0 bridgehead atoms. The van der Waals surface area contributed by atoms with Crippen molar-refractivity contribution in [1.82, 2.24) is 14.9 Å². The molecule has 1 fully saturated rings. The summed E-state index contributed by atoms with van der Waals surface area (Å²) in [4.78, 5) is 24.5. The van der Waals surface area contributed by atoms with Gasteiger partial charge in [0.1, 0.15) is 11.4 Å². The molecule has 23 heavy (non-hydrogen) atoms. The van der Waals surface area contributed by atoms with Crippen molar-refractivity contribution in [2.75, 3.05) is 24.5 Å². The number of anilines is 1. The molecule has 128 valence electrons. The predicted octanol–water partition coefficient (Wildman–Crippen LogP) is 3.73. The Labute approximate surface area is 150 Å². The van der Waals surface area contributed by atoms with Crippen LogP contribution in [0.1, 0.15) is 34.1 Å². The molecule has 0 saturated carbocycles. The molecule has 0 spiro atoms. The smallest absolute Gasteiger partial charge is 0.410 e. The normalized spacial score (nSPS) is 19.0. The zero-order valence-electron chi connectivity index (χ0n) is 13.8. The van der Waals surface area contributed by atoms with Gasteiger partial charge in [-0.05, 0) is 54.7 Å². The van der Waals surface area contributed by atoms with E-state index in [2.05, 4.69) is 37.7 Å². The molecular weight excluding hydrogens is 384 g/mol. The van der Waals surface area contributed by atoms with Gasteiger partial charge in [0.15, 0.2) is 0 Å². The maximum atomic E-state index is 12.4. The van der Waals surface area contributed by atoms with Crippen LogP contribution in [-0.4, -0.2) is 52.2 Å². The van der Waals surface area contributed by atoms with Crippen LogP contribution in [0.4, 0.5) is 10.6 Å². The van der Waals surface area contributed by atoms with E-state index < -0.39 is 5.60 Å². The summed E-state index contributed by atoms with van der Waals surface area (Å²) in [5.41, 5.74) is -0.490. The molecule has 1 saturated heterocycles. The van der Waals surface area contributed by atoms with Gasteiger partial charge in [0, 0.05) is 25.8 Å². The van der Waals surface area contributed by atoms with Crippen LogP contribution in [0, 0.1) is 0 Å². The second kappa shape index (κ2) is 7.21. The lowest BCUT2D eigenvalue weighted by atomic mass is 10.1. The number of hydrogen-bond acceptors (Lipinski definition) is 5. The first-order chi connectivity index (χ1) is 10.7. The lowest BCUT2D eigenvalue weighted by molar-refractivity contribution is 0.0136. The Morgan fingerprint density at radius 1 is 1.48 bits per heavy atom. The van der Waals surface area contributed by atoms with E-state index in [4.69, 9.17) is 16.3 Å². The van der Waals surface area contributed by atoms with E-state index in [1.807, 2.05) is 20.8 Å². The molecule has 0 radical (unpaired) electrons. The van der Waals surface area contributed by atoms with Crippen molar-refractivity contribution in [3.8, 4) is 0 Å². The highest BCUT2D eigenvalue weighted by molar-refractivity contribution is 9.10. The Balaban J connectivity index is 2.12. The molecule has 0 aromatic carbocycles. The van der Waals surface area contributed by atoms with E-state index in [1.54, 1.807) is 11.1 Å². The Kier molecular flexibility index (Phi) is 5.73. The number of piperazine rings is 1. The fourth-order valence-electron chi connectivity index (χ4n) is 2.52. The van der Waals surface area contributed by atoms with Crippen molar-refractivity contribution in [3.05, 3.63) is 16.0 Å². The van der Waals surface area contributed by atoms with Crippen LogP contribution >= 0.6 is 27.5 Å². The first-order valence-electron chi connectivity index (χ1n) is 7.64. The number of carbonyl (C=O) groups excluding carboxylic acids is 1. The zero-order chi connectivity index (χ0) is 17.2. The first kappa shape index (κ1) is 18.3. The molecule has 0 aliphatic carbocycles. The van der Waals surface area contributed by atoms with Crippen LogP contribution in [0.5, 0.6) is 0 Å². The average Bonchev–Trinajstić information content (AvgIpc) is 2.47. The van der Waals surface area contributed by atoms with Crippen molar-refractivity contribution < 1.29 is 9.53 Å². The van der Waals surface area contributed by atoms with Gasteiger partial charge in [-0.2, -0.15) is 4.98 Å². The highest BCUT2D eigenvalue weighted by atomic mass is 79.9. The van der Waals surface area contributed by atoms with Gasteiger partial charge in [0.05, 0.1) is 10.5 Å². The van der Waals surface area contributed by atoms with Gasteiger partial charge < -0.3 is 14.5 Å². The van der Waals surface area contributed by atoms with Crippen molar-refractivity contribution in [3.63, 3.8) is 0 Å². The summed E-state index contributed by atoms with van der Waals surface area (Å²) in [7, 11) is 0. The van der Waals surface area contributed by atoms with Gasteiger partial charge in [0.25, 0.3) is 0 Å². The summed E-state index contributed by atoms with van der Waals surface area (Å²) < 4.78 is 6.30. The standard InChI is InChI=1S/C15H22BrClN4O2/c1-5-10-9-20(12-11(16)8-18-13(17)19-12)6-7-21(10)14(22)23-15(2,3)4/h8,10H,5-7,9H2,1-4H3. The number of nitrogens with zero attached hydrogens (tertiary/aromatic N) is 4. The van der Waals surface area contributed by atoms with Gasteiger partial charge in [-0.25, -0.2) is 9.78 Å². The average molecular weight is 406 g/mol. The Bertz CT molecular complexity index is 579. The van der Waals surface area contributed by atoms with E-state index in [0.29, 0.717) is 19.6 Å². The SMILES string of the molecule is CCC1CN(c2nc(Cl)ncc2Br)CCN1C(=O)OC(C)(C)C. The Morgan fingerprint density at radius 2 is 2.17 bits per heavy atom.